The maximum Gasteiger partial charge on any atom is 0.345 e. The number of aryl methyl sites for hydroxylation is 1. The van der Waals surface area contributed by atoms with Crippen molar-refractivity contribution >= 4 is 67.2 Å². The van der Waals surface area contributed by atoms with E-state index in [1.54, 1.807) is 19.9 Å². The van der Waals surface area contributed by atoms with E-state index < -0.39 is 0 Å². The van der Waals surface area contributed by atoms with Gasteiger partial charge in [-0.1, -0.05) is 53.3 Å². The maximum absolute atomic E-state index is 12.2. The van der Waals surface area contributed by atoms with Crippen LogP contribution in [-0.4, -0.2) is 71.7 Å². The molecule has 3 rings (SSSR count). The standard InChI is InChI=1S/C34H39NO6.2Al/c1-11-12-20-27(19(9)23(15(2)3)32(39)29(20)36)31(38)25(17(6)7)26-18(8)13-21-24(16(4)5)33(40)30(37)22(14-35)28(21)34(26)41-10;;/h12-16,36-40H,6H2,1-5,7-10H3;;/q-1;;+1/b12-11?,31-25-;;. The number of aromatic hydroxyl groups is 4. The molecule has 0 saturated carbocycles. The first-order valence-corrected chi connectivity index (χ1v) is 15.1. The summed E-state index contributed by atoms with van der Waals surface area (Å²) in [7, 11) is 1.51. The van der Waals surface area contributed by atoms with E-state index in [-0.39, 0.29) is 51.7 Å². The Bertz CT molecular complexity index is 1730. The monoisotopic (exact) mass is 611 g/mol. The summed E-state index contributed by atoms with van der Waals surface area (Å²) >= 11 is 4.79. The van der Waals surface area contributed by atoms with Crippen molar-refractivity contribution in [3.8, 4) is 28.7 Å². The smallest absolute Gasteiger partial charge is 0.345 e. The largest absolute Gasteiger partial charge is 0.507 e. The van der Waals surface area contributed by atoms with Crippen molar-refractivity contribution < 1.29 is 30.3 Å². The zero-order chi connectivity index (χ0) is 32.7. The number of fused-ring (bicyclic) bond motifs is 1. The second-order valence-corrected chi connectivity index (χ2v) is 12.8. The third-order valence-corrected chi connectivity index (χ3v) is 7.96. The first kappa shape index (κ1) is 34.2. The van der Waals surface area contributed by atoms with Gasteiger partial charge in [-0.05, 0) is 54.7 Å². The fourth-order valence-electron chi connectivity index (χ4n) is 5.99. The highest BCUT2D eigenvalue weighted by Gasteiger charge is 2.30. The molecule has 0 fully saturated rings. The number of methoxy groups -OCH3 is 1. The lowest BCUT2D eigenvalue weighted by Gasteiger charge is -2.25. The molecule has 9 heteroatoms. The van der Waals surface area contributed by atoms with E-state index >= 15 is 0 Å². The summed E-state index contributed by atoms with van der Waals surface area (Å²) in [6.07, 6.45) is 3.12. The van der Waals surface area contributed by atoms with Gasteiger partial charge in [-0.2, -0.15) is 4.44 Å². The SMILES string of the molecule is C=C(C)/C(=C(/O)c1c(C)c(C(C)C)c(O)c(O)c1/C=[C](\C)[Al])c1c(C)cc2c(C(C)C)c(O)c(O)c(C=[N][Al])c2c1OC. The molecule has 0 bridgehead atoms. The summed E-state index contributed by atoms with van der Waals surface area (Å²) in [5.41, 5.74) is 4.67. The van der Waals surface area contributed by atoms with Gasteiger partial charge in [0.1, 0.15) is 11.5 Å². The Kier molecular flexibility index (Phi) is 10.4. The summed E-state index contributed by atoms with van der Waals surface area (Å²) in [6.45, 7) is 19.1. The Morgan fingerprint density at radius 3 is 1.91 bits per heavy atom. The van der Waals surface area contributed by atoms with E-state index in [4.69, 9.17) is 4.74 Å². The molecule has 0 heterocycles. The Hall–Kier alpha value is -3.33. The minimum atomic E-state index is -0.332. The molecule has 3 aromatic carbocycles. The quantitative estimate of drug-likeness (QED) is 0.0447. The highest BCUT2D eigenvalue weighted by Crippen LogP contribution is 2.51. The number of phenols is 4. The van der Waals surface area contributed by atoms with E-state index in [9.17, 15) is 25.5 Å². The summed E-state index contributed by atoms with van der Waals surface area (Å²) in [5, 5.41) is 57.7. The summed E-state index contributed by atoms with van der Waals surface area (Å²) in [4.78, 5) is 0. The molecule has 0 atom stereocenters. The number of phenolic OH excluding ortho intramolecular Hbond substituents is 4. The molecule has 43 heavy (non-hydrogen) atoms. The van der Waals surface area contributed by atoms with Crippen molar-refractivity contribution in [1.29, 1.82) is 0 Å². The number of nitrogens with zero attached hydrogens (tertiary/aromatic N) is 1. The van der Waals surface area contributed by atoms with Crippen LogP contribution >= 0.6 is 0 Å². The number of aliphatic hydroxyl groups is 1. The number of rotatable bonds is 8. The fraction of sp³-hybridized carbons (Fsp3) is 0.324. The molecule has 0 spiro atoms. The Morgan fingerprint density at radius 1 is 0.907 bits per heavy atom. The van der Waals surface area contributed by atoms with E-state index in [0.717, 1.165) is 10.00 Å². The number of allylic oxidation sites excluding steroid dienone is 3. The Balaban J connectivity index is 2.74. The van der Waals surface area contributed by atoms with Gasteiger partial charge < -0.3 is 34.2 Å². The molecular weight excluding hydrogens is 572 g/mol. The second kappa shape index (κ2) is 13.1. The minimum Gasteiger partial charge on any atom is -0.507 e. The lowest BCUT2D eigenvalue weighted by molar-refractivity contribution is 0.395. The first-order chi connectivity index (χ1) is 20.0. The van der Waals surface area contributed by atoms with Gasteiger partial charge in [-0.3, -0.25) is 0 Å². The van der Waals surface area contributed by atoms with Gasteiger partial charge in [0.25, 0.3) is 0 Å². The fourth-order valence-corrected chi connectivity index (χ4v) is 6.31. The summed E-state index contributed by atoms with van der Waals surface area (Å²) in [5.74, 6) is -1.22. The Morgan fingerprint density at radius 2 is 1.44 bits per heavy atom. The molecule has 5 N–H and O–H groups in total. The average molecular weight is 612 g/mol. The van der Waals surface area contributed by atoms with Gasteiger partial charge >= 0.3 is 16.5 Å². The predicted molar refractivity (Wildman–Crippen MR) is 178 cm³/mol. The second-order valence-electron chi connectivity index (χ2n) is 11.6. The molecule has 0 amide bonds. The van der Waals surface area contributed by atoms with E-state index in [0.29, 0.717) is 55.5 Å². The number of ether oxygens (including phenoxy) is 1. The topological polar surface area (TPSA) is 123 Å². The van der Waals surface area contributed by atoms with Gasteiger partial charge in [0.05, 0.1) is 7.11 Å². The highest BCUT2D eigenvalue weighted by atomic mass is 27.1. The van der Waals surface area contributed by atoms with Crippen molar-refractivity contribution in [3.63, 3.8) is 0 Å². The van der Waals surface area contributed by atoms with Gasteiger partial charge in [0.2, 0.25) is 0 Å². The molecule has 0 aliphatic rings. The van der Waals surface area contributed by atoms with Crippen LogP contribution in [0.1, 0.15) is 97.9 Å². The summed E-state index contributed by atoms with van der Waals surface area (Å²) in [6, 6.07) is 1.90. The molecule has 0 aliphatic carbocycles. The molecule has 3 aromatic rings. The van der Waals surface area contributed by atoms with Crippen LogP contribution in [0.15, 0.2) is 26.6 Å². The van der Waals surface area contributed by atoms with Crippen LogP contribution in [0.5, 0.6) is 28.7 Å². The van der Waals surface area contributed by atoms with E-state index in [2.05, 4.69) is 43.4 Å². The number of aliphatic hydroxyl groups excluding tert-OH is 1. The molecule has 0 aliphatic heterocycles. The van der Waals surface area contributed by atoms with Crippen LogP contribution in [0.4, 0.5) is 0 Å². The van der Waals surface area contributed by atoms with E-state index in [1.807, 2.05) is 47.6 Å². The zero-order valence-electron chi connectivity index (χ0n) is 26.3. The van der Waals surface area contributed by atoms with Crippen molar-refractivity contribution in [1.82, 2.24) is 0 Å². The third kappa shape index (κ3) is 5.93. The average Bonchev–Trinajstić information content (AvgIpc) is 2.89. The molecule has 0 saturated heterocycles. The predicted octanol–water partition coefficient (Wildman–Crippen LogP) is 7.57. The molecule has 222 valence electrons. The third-order valence-electron chi connectivity index (χ3n) is 7.64. The molecule has 0 aromatic heterocycles. The molecule has 0 unspecified atom stereocenters. The lowest BCUT2D eigenvalue weighted by atomic mass is 9.82. The van der Waals surface area contributed by atoms with Crippen LogP contribution in [-0.2, 0) is 0 Å². The zero-order valence-corrected chi connectivity index (χ0v) is 28.6. The van der Waals surface area contributed by atoms with Gasteiger partial charge in [0, 0.05) is 50.6 Å². The molecule has 7 nitrogen and oxygen atoms in total. The number of hydrogen-bond acceptors (Lipinski definition) is 7. The summed E-state index contributed by atoms with van der Waals surface area (Å²) < 4.78 is 10.9. The Labute approximate surface area is 270 Å². The van der Waals surface area contributed by atoms with Gasteiger partial charge in [-0.25, -0.2) is 0 Å². The van der Waals surface area contributed by atoms with Crippen LogP contribution in [0.2, 0.25) is 0 Å². The number of benzene rings is 3. The normalized spacial score (nSPS) is 13.0. The van der Waals surface area contributed by atoms with Crippen molar-refractivity contribution in [2.45, 2.75) is 67.2 Å². The van der Waals surface area contributed by atoms with Gasteiger partial charge in [-0.15, -0.1) is 0 Å². The number of hydrogen-bond donors (Lipinski definition) is 5. The van der Waals surface area contributed by atoms with Crippen LogP contribution < -0.4 is 4.74 Å². The van der Waals surface area contributed by atoms with Crippen LogP contribution in [0.3, 0.4) is 0 Å². The van der Waals surface area contributed by atoms with E-state index in [1.165, 1.54) is 13.3 Å². The maximum atomic E-state index is 12.2. The minimum absolute atomic E-state index is 0.142. The van der Waals surface area contributed by atoms with Crippen LogP contribution in [0.25, 0.3) is 28.2 Å². The molecular formula is C34H39Al2NO6. The van der Waals surface area contributed by atoms with Crippen LogP contribution in [0, 0.1) is 13.8 Å². The lowest BCUT2D eigenvalue weighted by Crippen LogP contribution is -2.07. The van der Waals surface area contributed by atoms with Crippen molar-refractivity contribution in [2.24, 2.45) is 3.98 Å². The first-order valence-electron chi connectivity index (χ1n) is 14.0. The van der Waals surface area contributed by atoms with Gasteiger partial charge in [0.15, 0.2) is 39.3 Å². The highest BCUT2D eigenvalue weighted by molar-refractivity contribution is 6.24. The van der Waals surface area contributed by atoms with Crippen molar-refractivity contribution in [2.75, 3.05) is 7.11 Å². The molecule has 4 radical (unpaired) electrons. The van der Waals surface area contributed by atoms with Crippen molar-refractivity contribution in [3.05, 3.63) is 67.2 Å².